The first kappa shape index (κ1) is 8.99. The zero-order chi connectivity index (χ0) is 8.97. The van der Waals surface area contributed by atoms with Crippen LogP contribution in [-0.2, 0) is 4.74 Å². The Hall–Kier alpha value is -1.10. The minimum Gasteiger partial charge on any atom is -0.419 e. The van der Waals surface area contributed by atoms with Crippen LogP contribution in [0.4, 0.5) is 0 Å². The van der Waals surface area contributed by atoms with Gasteiger partial charge in [-0.3, -0.25) is 0 Å². The normalized spacial score (nSPS) is 9.42. The van der Waals surface area contributed by atoms with Crippen LogP contribution >= 0.6 is 15.9 Å². The second kappa shape index (κ2) is 4.06. The van der Waals surface area contributed by atoms with Gasteiger partial charge in [0.15, 0.2) is 5.69 Å². The quantitative estimate of drug-likeness (QED) is 0.566. The summed E-state index contributed by atoms with van der Waals surface area (Å²) in [5.74, 6) is -0.509. The van der Waals surface area contributed by atoms with E-state index < -0.39 is 5.97 Å². The van der Waals surface area contributed by atoms with Crippen LogP contribution in [0.15, 0.2) is 17.0 Å². The first-order valence-corrected chi connectivity index (χ1v) is 3.97. The topological polar surface area (TPSA) is 52.1 Å². The number of carbonyl (C=O) groups is 1. The molecule has 0 bridgehead atoms. The maximum atomic E-state index is 11.0. The molecule has 0 saturated carbocycles. The van der Waals surface area contributed by atoms with Gasteiger partial charge in [-0.2, -0.15) is 0 Å². The molecular weight excluding hydrogens is 224 g/mol. The highest BCUT2D eigenvalue weighted by Crippen LogP contribution is 2.03. The van der Waals surface area contributed by atoms with Crippen molar-refractivity contribution in [2.45, 2.75) is 0 Å². The average Bonchev–Trinajstić information content (AvgIpc) is 2.06. The summed E-state index contributed by atoms with van der Waals surface area (Å²) >= 11 is 3.10. The van der Waals surface area contributed by atoms with E-state index in [1.54, 1.807) is 0 Å². The number of esters is 1. The molecule has 0 N–H and O–H groups in total. The van der Waals surface area contributed by atoms with Gasteiger partial charge >= 0.3 is 5.97 Å². The Kier molecular flexibility index (Phi) is 3.04. The number of aromatic nitrogens is 2. The predicted molar refractivity (Wildman–Crippen MR) is 45.4 cm³/mol. The summed E-state index contributed by atoms with van der Waals surface area (Å²) in [5, 5.41) is 0. The van der Waals surface area contributed by atoms with E-state index in [0.717, 1.165) is 0 Å². The van der Waals surface area contributed by atoms with E-state index in [9.17, 15) is 4.79 Å². The fourth-order valence-corrected chi connectivity index (χ4v) is 0.789. The van der Waals surface area contributed by atoms with Crippen molar-refractivity contribution in [1.29, 1.82) is 0 Å². The Balaban J connectivity index is 2.75. The van der Waals surface area contributed by atoms with E-state index in [0.29, 0.717) is 4.60 Å². The number of halogens is 1. The monoisotopic (exact) mass is 229 g/mol. The molecule has 0 radical (unpaired) electrons. The molecule has 0 aromatic carbocycles. The van der Waals surface area contributed by atoms with Crippen molar-refractivity contribution in [3.63, 3.8) is 0 Å². The number of carbonyl (C=O) groups excluding carboxylic acids is 1. The maximum Gasteiger partial charge on any atom is 0.361 e. The van der Waals surface area contributed by atoms with Crippen LogP contribution in [0.1, 0.15) is 10.5 Å². The Morgan fingerprint density at radius 1 is 1.58 bits per heavy atom. The maximum absolute atomic E-state index is 11.0. The van der Waals surface area contributed by atoms with Crippen molar-refractivity contribution in [1.82, 2.24) is 9.97 Å². The molecule has 4 nitrogen and oxygen atoms in total. The molecule has 0 saturated heterocycles. The van der Waals surface area contributed by atoms with Gasteiger partial charge in [-0.05, 0) is 15.9 Å². The molecular formula is C7H6BrN2O2+. The molecule has 0 unspecified atom stereocenters. The first-order valence-electron chi connectivity index (χ1n) is 3.18. The van der Waals surface area contributed by atoms with Crippen LogP contribution in [0.2, 0.25) is 0 Å². The highest BCUT2D eigenvalue weighted by atomic mass is 79.9. The molecule has 1 aromatic rings. The summed E-state index contributed by atoms with van der Waals surface area (Å²) in [6.07, 6.45) is 2.77. The summed E-state index contributed by atoms with van der Waals surface area (Å²) in [6, 6.07) is 0. The molecule has 0 aliphatic carbocycles. The molecule has 0 amide bonds. The molecule has 1 rings (SSSR count). The smallest absolute Gasteiger partial charge is 0.361 e. The van der Waals surface area contributed by atoms with Crippen molar-refractivity contribution in [2.24, 2.45) is 0 Å². The van der Waals surface area contributed by atoms with Gasteiger partial charge in [-0.1, -0.05) is 0 Å². The molecule has 0 spiro atoms. The fraction of sp³-hybridized carbons (Fsp3) is 0.143. The fourth-order valence-electron chi connectivity index (χ4n) is 0.584. The third kappa shape index (κ3) is 2.20. The van der Waals surface area contributed by atoms with Gasteiger partial charge in [-0.15, -0.1) is 0 Å². The average molecular weight is 230 g/mol. The summed E-state index contributed by atoms with van der Waals surface area (Å²) in [5.41, 5.74) is 0.182. The highest BCUT2D eigenvalue weighted by Gasteiger charge is 2.08. The van der Waals surface area contributed by atoms with E-state index in [1.807, 2.05) is 0 Å². The van der Waals surface area contributed by atoms with Crippen molar-refractivity contribution in [2.75, 3.05) is 6.61 Å². The molecule has 1 aromatic heterocycles. The molecule has 12 heavy (non-hydrogen) atoms. The zero-order valence-corrected chi connectivity index (χ0v) is 7.74. The number of hydrogen-bond acceptors (Lipinski definition) is 4. The van der Waals surface area contributed by atoms with E-state index in [2.05, 4.69) is 37.6 Å². The summed E-state index contributed by atoms with van der Waals surface area (Å²) < 4.78 is 5.18. The number of nitrogens with zero attached hydrogens (tertiary/aromatic N) is 2. The number of hydrogen-bond donors (Lipinski definition) is 0. The third-order valence-electron chi connectivity index (χ3n) is 1.06. The largest absolute Gasteiger partial charge is 0.419 e. The van der Waals surface area contributed by atoms with Gasteiger partial charge in [0.25, 0.3) is 0 Å². The number of ether oxygens (including phenoxy) is 1. The standard InChI is InChI=1S/C7H6BrN2O2/c1-2-12-7(11)5-3-10-6(8)4-9-5/h3-4H,1-2H2/q+1. The van der Waals surface area contributed by atoms with Crippen molar-refractivity contribution >= 4 is 21.9 Å². The number of rotatable bonds is 2. The Morgan fingerprint density at radius 3 is 2.83 bits per heavy atom. The van der Waals surface area contributed by atoms with Gasteiger partial charge in [0.2, 0.25) is 6.61 Å². The van der Waals surface area contributed by atoms with E-state index >= 15 is 0 Å². The Bertz CT molecular complexity index is 273. The summed E-state index contributed by atoms with van der Waals surface area (Å²) in [7, 11) is 0. The van der Waals surface area contributed by atoms with E-state index in [1.165, 1.54) is 12.4 Å². The van der Waals surface area contributed by atoms with Crippen LogP contribution in [0.25, 0.3) is 0 Å². The summed E-state index contributed by atoms with van der Waals surface area (Å²) in [6.45, 7) is 3.46. The summed E-state index contributed by atoms with van der Waals surface area (Å²) in [4.78, 5) is 18.6. The molecule has 0 aliphatic rings. The second-order valence-corrected chi connectivity index (χ2v) is 2.67. The minimum absolute atomic E-state index is 0.0938. The van der Waals surface area contributed by atoms with Gasteiger partial charge in [0, 0.05) is 0 Å². The van der Waals surface area contributed by atoms with Crippen LogP contribution < -0.4 is 0 Å². The van der Waals surface area contributed by atoms with Crippen LogP contribution in [0.3, 0.4) is 0 Å². The molecule has 0 fully saturated rings. The SMILES string of the molecule is [CH2+]COC(=O)c1cnc(Br)cn1. The van der Waals surface area contributed by atoms with Crippen molar-refractivity contribution < 1.29 is 9.53 Å². The first-order chi connectivity index (χ1) is 5.74. The van der Waals surface area contributed by atoms with Crippen molar-refractivity contribution in [3.8, 4) is 0 Å². The molecule has 0 aliphatic heterocycles. The third-order valence-corrected chi connectivity index (χ3v) is 1.47. The second-order valence-electron chi connectivity index (χ2n) is 1.86. The van der Waals surface area contributed by atoms with Crippen LogP contribution in [0.5, 0.6) is 0 Å². The van der Waals surface area contributed by atoms with Gasteiger partial charge < -0.3 is 4.74 Å². The highest BCUT2D eigenvalue weighted by molar-refractivity contribution is 9.10. The molecule has 1 heterocycles. The van der Waals surface area contributed by atoms with Gasteiger partial charge in [0.1, 0.15) is 11.5 Å². The van der Waals surface area contributed by atoms with Crippen LogP contribution in [0, 0.1) is 6.92 Å². The molecule has 0 atom stereocenters. The lowest BCUT2D eigenvalue weighted by molar-refractivity contribution is 0.0540. The van der Waals surface area contributed by atoms with Gasteiger partial charge in [-0.25, -0.2) is 14.8 Å². The minimum atomic E-state index is -0.509. The van der Waals surface area contributed by atoms with Crippen LogP contribution in [-0.4, -0.2) is 22.5 Å². The zero-order valence-electron chi connectivity index (χ0n) is 6.16. The van der Waals surface area contributed by atoms with E-state index in [-0.39, 0.29) is 12.3 Å². The Morgan fingerprint density at radius 2 is 2.33 bits per heavy atom. The van der Waals surface area contributed by atoms with Crippen molar-refractivity contribution in [3.05, 3.63) is 29.6 Å². The lowest BCUT2D eigenvalue weighted by Gasteiger charge is -1.96. The predicted octanol–water partition coefficient (Wildman–Crippen LogP) is 1.23. The molecule has 62 valence electrons. The molecule has 5 heteroatoms. The van der Waals surface area contributed by atoms with E-state index in [4.69, 9.17) is 0 Å². The lowest BCUT2D eigenvalue weighted by Crippen LogP contribution is -2.07. The Labute approximate surface area is 78.1 Å². The lowest BCUT2D eigenvalue weighted by atomic mass is 10.5. The van der Waals surface area contributed by atoms with Gasteiger partial charge in [0.05, 0.1) is 12.4 Å².